The highest BCUT2D eigenvalue weighted by Crippen LogP contribution is 2.15. The number of hydrogen-bond donors (Lipinski definition) is 3. The van der Waals surface area contributed by atoms with E-state index in [1.807, 2.05) is 0 Å². The van der Waals surface area contributed by atoms with E-state index in [1.165, 1.54) is 23.9 Å². The predicted molar refractivity (Wildman–Crippen MR) is 84.8 cm³/mol. The van der Waals surface area contributed by atoms with Crippen molar-refractivity contribution >= 4 is 27.0 Å². The summed E-state index contributed by atoms with van der Waals surface area (Å²) in [5, 5.41) is 0. The van der Waals surface area contributed by atoms with Crippen LogP contribution < -0.4 is 16.2 Å². The van der Waals surface area contributed by atoms with E-state index in [-0.39, 0.29) is 17.1 Å². The van der Waals surface area contributed by atoms with Gasteiger partial charge in [-0.25, -0.2) is 17.9 Å². The summed E-state index contributed by atoms with van der Waals surface area (Å²) in [5.41, 5.74) is 6.77. The summed E-state index contributed by atoms with van der Waals surface area (Å²) in [7, 11) is -2.29. The minimum Gasteiger partial charge on any atom is -0.408 e. The summed E-state index contributed by atoms with van der Waals surface area (Å²) >= 11 is 0. The van der Waals surface area contributed by atoms with Gasteiger partial charge in [-0.05, 0) is 23.8 Å². The number of sulfonamides is 1. The number of aryl methyl sites for hydroxylation is 1. The number of rotatable bonds is 5. The first-order valence-electron chi connectivity index (χ1n) is 6.84. The van der Waals surface area contributed by atoms with Crippen molar-refractivity contribution in [2.45, 2.75) is 11.4 Å². The maximum Gasteiger partial charge on any atom is 0.417 e. The molecule has 10 heteroatoms. The highest BCUT2D eigenvalue weighted by Gasteiger charge is 2.19. The van der Waals surface area contributed by atoms with Gasteiger partial charge in [-0.1, -0.05) is 6.07 Å². The smallest absolute Gasteiger partial charge is 0.408 e. The molecule has 2 heterocycles. The molecule has 0 bridgehead atoms. The number of carbonyl (C=O) groups is 1. The van der Waals surface area contributed by atoms with Crippen molar-refractivity contribution in [3.05, 3.63) is 52.3 Å². The van der Waals surface area contributed by atoms with Gasteiger partial charge in [0, 0.05) is 19.8 Å². The Balaban J connectivity index is 1.82. The van der Waals surface area contributed by atoms with E-state index < -0.39 is 21.7 Å². The lowest BCUT2D eigenvalue weighted by Gasteiger charge is -2.05. The third-order valence-electron chi connectivity index (χ3n) is 3.49. The number of H-pyrrole nitrogens is 1. The monoisotopic (exact) mass is 350 g/mol. The molecule has 0 unspecified atom stereocenters. The summed E-state index contributed by atoms with van der Waals surface area (Å²) in [4.78, 5) is 24.8. The fourth-order valence-electron chi connectivity index (χ4n) is 2.30. The molecule has 0 atom stereocenters. The van der Waals surface area contributed by atoms with Gasteiger partial charge in [0.2, 0.25) is 10.0 Å². The molecular formula is C14H14N4O5S. The second-order valence-corrected chi connectivity index (χ2v) is 6.97. The number of fused-ring (bicyclic) bond motifs is 1. The Labute approximate surface area is 136 Å². The Morgan fingerprint density at radius 2 is 2.12 bits per heavy atom. The molecule has 126 valence electrons. The lowest BCUT2D eigenvalue weighted by atomic mass is 10.2. The summed E-state index contributed by atoms with van der Waals surface area (Å²) in [6.45, 7) is 0.00623. The van der Waals surface area contributed by atoms with Crippen LogP contribution in [0.1, 0.15) is 16.1 Å². The predicted octanol–water partition coefficient (Wildman–Crippen LogP) is 0.0370. The minimum absolute atomic E-state index is 0.00623. The Kier molecular flexibility index (Phi) is 3.78. The number of nitrogens with one attached hydrogen (secondary N) is 2. The van der Waals surface area contributed by atoms with Crippen molar-refractivity contribution < 1.29 is 17.6 Å². The van der Waals surface area contributed by atoms with E-state index in [0.717, 1.165) is 0 Å². The summed E-state index contributed by atoms with van der Waals surface area (Å²) in [5.74, 6) is -1.29. The second kappa shape index (κ2) is 5.65. The normalized spacial score (nSPS) is 11.9. The quantitative estimate of drug-likeness (QED) is 0.596. The number of hydrogen-bond acceptors (Lipinski definition) is 5. The van der Waals surface area contributed by atoms with Crippen molar-refractivity contribution in [2.24, 2.45) is 12.8 Å². The Bertz CT molecular complexity index is 1090. The van der Waals surface area contributed by atoms with Gasteiger partial charge < -0.3 is 14.7 Å². The van der Waals surface area contributed by atoms with Crippen LogP contribution in [0.15, 0.2) is 44.6 Å². The molecule has 3 aromatic rings. The van der Waals surface area contributed by atoms with E-state index in [0.29, 0.717) is 16.7 Å². The van der Waals surface area contributed by atoms with Crippen LogP contribution in [0.25, 0.3) is 11.1 Å². The van der Waals surface area contributed by atoms with Crippen LogP contribution in [-0.2, 0) is 23.6 Å². The zero-order valence-corrected chi connectivity index (χ0v) is 13.4. The molecule has 1 aromatic carbocycles. The molecular weight excluding hydrogens is 336 g/mol. The van der Waals surface area contributed by atoms with Gasteiger partial charge in [0.1, 0.15) is 10.6 Å². The van der Waals surface area contributed by atoms with E-state index in [2.05, 4.69) is 9.71 Å². The van der Waals surface area contributed by atoms with Gasteiger partial charge >= 0.3 is 5.76 Å². The lowest BCUT2D eigenvalue weighted by molar-refractivity contribution is 0.0992. The molecule has 0 fully saturated rings. The van der Waals surface area contributed by atoms with E-state index >= 15 is 0 Å². The van der Waals surface area contributed by atoms with Gasteiger partial charge in [-0.2, -0.15) is 0 Å². The fraction of sp³-hybridized carbons (Fsp3) is 0.143. The van der Waals surface area contributed by atoms with Crippen LogP contribution in [0.3, 0.4) is 0 Å². The van der Waals surface area contributed by atoms with Crippen LogP contribution in [0, 0.1) is 0 Å². The molecule has 1 amide bonds. The molecule has 0 saturated carbocycles. The Morgan fingerprint density at radius 1 is 1.38 bits per heavy atom. The number of nitrogens with zero attached hydrogens (tertiary/aromatic N) is 1. The number of nitrogens with two attached hydrogens (primary N) is 1. The molecule has 24 heavy (non-hydrogen) atoms. The zero-order valence-electron chi connectivity index (χ0n) is 12.6. The van der Waals surface area contributed by atoms with Crippen LogP contribution in [-0.4, -0.2) is 23.9 Å². The SMILES string of the molecule is Cn1cc(S(=O)(=O)NCc2ccc3oc(=O)[nH]c3c2)cc1C(N)=O. The number of primary amides is 1. The third-order valence-corrected chi connectivity index (χ3v) is 4.86. The fourth-order valence-corrected chi connectivity index (χ4v) is 3.38. The van der Waals surface area contributed by atoms with E-state index in [1.54, 1.807) is 18.2 Å². The van der Waals surface area contributed by atoms with Gasteiger partial charge in [0.05, 0.1) is 5.52 Å². The number of benzene rings is 1. The Morgan fingerprint density at radius 3 is 2.79 bits per heavy atom. The number of aromatic nitrogens is 2. The molecule has 0 aliphatic carbocycles. The number of carbonyl (C=O) groups excluding carboxylic acids is 1. The molecule has 3 rings (SSSR count). The Hall–Kier alpha value is -2.85. The average molecular weight is 350 g/mol. The molecule has 4 N–H and O–H groups in total. The molecule has 0 saturated heterocycles. The van der Waals surface area contributed by atoms with E-state index in [9.17, 15) is 18.0 Å². The highest BCUT2D eigenvalue weighted by atomic mass is 32.2. The highest BCUT2D eigenvalue weighted by molar-refractivity contribution is 7.89. The van der Waals surface area contributed by atoms with Crippen molar-refractivity contribution in [1.82, 2.24) is 14.3 Å². The minimum atomic E-state index is -3.82. The van der Waals surface area contributed by atoms with Gasteiger partial charge in [0.25, 0.3) is 5.91 Å². The van der Waals surface area contributed by atoms with Crippen molar-refractivity contribution in [3.8, 4) is 0 Å². The molecule has 0 radical (unpaired) electrons. The topological polar surface area (TPSA) is 140 Å². The molecule has 0 aliphatic rings. The van der Waals surface area contributed by atoms with Crippen LogP contribution in [0.5, 0.6) is 0 Å². The van der Waals surface area contributed by atoms with Gasteiger partial charge in [-0.15, -0.1) is 0 Å². The molecule has 0 aliphatic heterocycles. The van der Waals surface area contributed by atoms with Crippen molar-refractivity contribution in [2.75, 3.05) is 0 Å². The zero-order chi connectivity index (χ0) is 17.5. The van der Waals surface area contributed by atoms with Crippen LogP contribution in [0.4, 0.5) is 0 Å². The van der Waals surface area contributed by atoms with Crippen molar-refractivity contribution in [3.63, 3.8) is 0 Å². The first-order valence-corrected chi connectivity index (χ1v) is 8.32. The first kappa shape index (κ1) is 16.0. The first-order chi connectivity index (χ1) is 11.3. The molecule has 0 spiro atoms. The third kappa shape index (κ3) is 2.96. The maximum absolute atomic E-state index is 12.3. The summed E-state index contributed by atoms with van der Waals surface area (Å²) in [6, 6.07) is 6.04. The van der Waals surface area contributed by atoms with Crippen molar-refractivity contribution in [1.29, 1.82) is 0 Å². The number of aromatic amines is 1. The number of oxazole rings is 1. The summed E-state index contributed by atoms with van der Waals surface area (Å²) in [6.07, 6.45) is 1.30. The van der Waals surface area contributed by atoms with Gasteiger partial charge in [0.15, 0.2) is 5.58 Å². The molecule has 2 aromatic heterocycles. The number of amides is 1. The second-order valence-electron chi connectivity index (χ2n) is 5.21. The standard InChI is InChI=1S/C14H14N4O5S/c1-18-7-9(5-11(18)13(15)19)24(21,22)16-6-8-2-3-12-10(4-8)17-14(20)23-12/h2-5,7,16H,6H2,1H3,(H2,15,19)(H,17,20). The summed E-state index contributed by atoms with van der Waals surface area (Å²) < 4.78 is 33.3. The van der Waals surface area contributed by atoms with E-state index in [4.69, 9.17) is 10.2 Å². The van der Waals surface area contributed by atoms with Crippen LogP contribution in [0.2, 0.25) is 0 Å². The molecule has 9 nitrogen and oxygen atoms in total. The largest absolute Gasteiger partial charge is 0.417 e. The maximum atomic E-state index is 12.3. The average Bonchev–Trinajstić information content (AvgIpc) is 3.07. The van der Waals surface area contributed by atoms with Crippen LogP contribution >= 0.6 is 0 Å². The van der Waals surface area contributed by atoms with Gasteiger partial charge in [-0.3, -0.25) is 9.78 Å². The lowest BCUT2D eigenvalue weighted by Crippen LogP contribution is -2.22.